The molecule has 0 aromatic heterocycles. The van der Waals surface area contributed by atoms with Crippen LogP contribution >= 0.6 is 0 Å². The summed E-state index contributed by atoms with van der Waals surface area (Å²) in [6.45, 7) is 6.54. The Balaban J connectivity index is 1.75. The lowest BCUT2D eigenvalue weighted by molar-refractivity contribution is -0.140. The van der Waals surface area contributed by atoms with Crippen LogP contribution in [0.25, 0.3) is 0 Å². The van der Waals surface area contributed by atoms with E-state index in [-0.39, 0.29) is 16.9 Å². The molecule has 3 N–H and O–H groups in total. The normalized spacial score (nSPS) is 17.4. The van der Waals surface area contributed by atoms with Crippen LogP contribution in [0.5, 0.6) is 0 Å². The Morgan fingerprint density at radius 1 is 0.938 bits per heavy atom. The lowest BCUT2D eigenvalue weighted by Crippen LogP contribution is -2.54. The smallest absolute Gasteiger partial charge is 0.315 e. The Morgan fingerprint density at radius 2 is 1.44 bits per heavy atom. The molecular weight excluding hydrogens is 416 g/mol. The van der Waals surface area contributed by atoms with Crippen molar-refractivity contribution in [1.82, 2.24) is 5.32 Å². The van der Waals surface area contributed by atoms with Crippen molar-refractivity contribution in [3.63, 3.8) is 0 Å². The largest absolute Gasteiger partial charge is 0.517 e. The molecule has 0 radical (unpaired) electrons. The molecule has 6 heteroatoms. The van der Waals surface area contributed by atoms with Gasteiger partial charge in [-0.05, 0) is 34.7 Å². The molecule has 0 bridgehead atoms. The Hall–Kier alpha value is -2.44. The molecule has 1 heterocycles. The first kappa shape index (κ1) is 24.2. The zero-order chi connectivity index (χ0) is 23.2. The Labute approximate surface area is 192 Å². The summed E-state index contributed by atoms with van der Waals surface area (Å²) in [5.41, 5.74) is 8.16. The van der Waals surface area contributed by atoms with E-state index < -0.39 is 20.4 Å². The number of rotatable bonds is 8. The third-order valence-corrected chi connectivity index (χ3v) is 12.2. The van der Waals surface area contributed by atoms with E-state index >= 15 is 0 Å². The van der Waals surface area contributed by atoms with Crippen LogP contribution < -0.4 is 11.1 Å². The van der Waals surface area contributed by atoms with E-state index in [1.807, 2.05) is 60.7 Å². The Bertz CT molecular complexity index is 890. The molecule has 2 aromatic rings. The number of hydrogen-bond donors (Lipinski definition) is 2. The van der Waals surface area contributed by atoms with Crippen LogP contribution in [0.15, 0.2) is 60.7 Å². The number of nitrogens with two attached hydrogens (primary N) is 1. The maximum absolute atomic E-state index is 13.4. The van der Waals surface area contributed by atoms with Crippen LogP contribution in [0.2, 0.25) is 17.1 Å². The van der Waals surface area contributed by atoms with Crippen LogP contribution in [-0.2, 0) is 26.9 Å². The summed E-state index contributed by atoms with van der Waals surface area (Å²) in [5, 5.41) is 2.87. The fourth-order valence-corrected chi connectivity index (χ4v) is 8.93. The van der Waals surface area contributed by atoms with Crippen molar-refractivity contribution in [1.29, 1.82) is 0 Å². The molecule has 172 valence electrons. The second-order valence-electron chi connectivity index (χ2n) is 9.92. The average molecular weight is 453 g/mol. The molecule has 0 saturated carbocycles. The van der Waals surface area contributed by atoms with E-state index in [2.05, 4.69) is 26.1 Å². The minimum absolute atomic E-state index is 0.0375. The summed E-state index contributed by atoms with van der Waals surface area (Å²) in [7, 11) is -2.25. The zero-order valence-electron chi connectivity index (χ0n) is 19.5. The van der Waals surface area contributed by atoms with Crippen LogP contribution in [0, 0.1) is 0 Å². The summed E-state index contributed by atoms with van der Waals surface area (Å²) in [5.74, 6) is -0.651. The van der Waals surface area contributed by atoms with Crippen molar-refractivity contribution in [2.45, 2.75) is 75.7 Å². The monoisotopic (exact) mass is 452 g/mol. The molecule has 3 rings (SSSR count). The number of amides is 1. The summed E-state index contributed by atoms with van der Waals surface area (Å²) in [6, 6.07) is 19.9. The molecule has 1 aliphatic rings. The lowest BCUT2D eigenvalue weighted by atomic mass is 10.0. The van der Waals surface area contributed by atoms with E-state index in [0.717, 1.165) is 36.1 Å². The zero-order valence-corrected chi connectivity index (χ0v) is 20.5. The maximum atomic E-state index is 13.4. The molecule has 1 amide bonds. The van der Waals surface area contributed by atoms with Crippen molar-refractivity contribution >= 4 is 20.2 Å². The fraction of sp³-hybridized carbons (Fsp3) is 0.462. The minimum Gasteiger partial charge on any atom is -0.517 e. The predicted molar refractivity (Wildman–Crippen MR) is 131 cm³/mol. The third kappa shape index (κ3) is 6.08. The minimum atomic E-state index is -2.25. The van der Waals surface area contributed by atoms with Gasteiger partial charge in [-0.2, -0.15) is 0 Å². The van der Waals surface area contributed by atoms with E-state index in [1.54, 1.807) is 0 Å². The highest BCUT2D eigenvalue weighted by atomic mass is 28.4. The van der Waals surface area contributed by atoms with Gasteiger partial charge in [0.15, 0.2) is 0 Å². The fourth-order valence-electron chi connectivity index (χ4n) is 4.50. The van der Waals surface area contributed by atoms with Crippen molar-refractivity contribution in [3.8, 4) is 0 Å². The van der Waals surface area contributed by atoms with Crippen LogP contribution in [-0.4, -0.2) is 32.3 Å². The van der Waals surface area contributed by atoms with Gasteiger partial charge in [-0.15, -0.1) is 0 Å². The molecule has 2 aromatic carbocycles. The molecular formula is C26H36N2O3Si. The molecule has 1 fully saturated rings. The highest BCUT2D eigenvalue weighted by Gasteiger charge is 2.52. The van der Waals surface area contributed by atoms with Gasteiger partial charge in [0.2, 0.25) is 5.91 Å². The molecule has 1 aliphatic heterocycles. The Morgan fingerprint density at radius 3 is 1.94 bits per heavy atom. The highest BCUT2D eigenvalue weighted by molar-refractivity contribution is 6.78. The molecule has 0 aliphatic carbocycles. The predicted octanol–water partition coefficient (Wildman–Crippen LogP) is 4.37. The van der Waals surface area contributed by atoms with Crippen molar-refractivity contribution in [2.75, 3.05) is 0 Å². The molecule has 0 spiro atoms. The quantitative estimate of drug-likeness (QED) is 0.583. The summed E-state index contributed by atoms with van der Waals surface area (Å²) >= 11 is 0. The summed E-state index contributed by atoms with van der Waals surface area (Å²) in [4.78, 5) is 26.4. The standard InChI is InChI=1S/C26H36N2O3Si/c1-26(2,3)32(16-10-11-17-32)31-25(30)23(19-21-14-8-5-9-15-21)28-24(29)22(27)18-20-12-6-4-7-13-20/h4-9,12-15,22-23H,10-11,16-19,27H2,1-3H3,(H,28,29)/t22-,23-/m0/s1. The van der Waals surface area contributed by atoms with Gasteiger partial charge in [0.25, 0.3) is 8.32 Å². The second-order valence-corrected chi connectivity index (χ2v) is 14.6. The van der Waals surface area contributed by atoms with Crippen molar-refractivity contribution < 1.29 is 14.0 Å². The number of nitrogens with one attached hydrogen (secondary N) is 1. The number of hydrogen-bond acceptors (Lipinski definition) is 4. The van der Waals surface area contributed by atoms with Gasteiger partial charge in [-0.3, -0.25) is 9.59 Å². The first-order valence-corrected chi connectivity index (χ1v) is 13.9. The first-order valence-electron chi connectivity index (χ1n) is 11.6. The summed E-state index contributed by atoms with van der Waals surface area (Å²) in [6.07, 6.45) is 3.02. The molecule has 5 nitrogen and oxygen atoms in total. The first-order chi connectivity index (χ1) is 15.2. The average Bonchev–Trinajstić information content (AvgIpc) is 3.24. The second kappa shape index (κ2) is 10.4. The van der Waals surface area contributed by atoms with E-state index in [9.17, 15) is 9.59 Å². The van der Waals surface area contributed by atoms with Gasteiger partial charge >= 0.3 is 5.97 Å². The number of carbonyl (C=O) groups excluding carboxylic acids is 2. The number of carbonyl (C=O) groups is 2. The van der Waals surface area contributed by atoms with Crippen LogP contribution in [0.1, 0.15) is 44.7 Å². The molecule has 0 unspecified atom stereocenters. The van der Waals surface area contributed by atoms with E-state index in [0.29, 0.717) is 12.8 Å². The molecule has 32 heavy (non-hydrogen) atoms. The van der Waals surface area contributed by atoms with Gasteiger partial charge in [0.05, 0.1) is 6.04 Å². The lowest BCUT2D eigenvalue weighted by Gasteiger charge is -2.39. The Kier molecular flexibility index (Phi) is 7.90. The summed E-state index contributed by atoms with van der Waals surface area (Å²) < 4.78 is 6.34. The number of benzene rings is 2. The van der Waals surface area contributed by atoms with Crippen molar-refractivity contribution in [3.05, 3.63) is 71.8 Å². The maximum Gasteiger partial charge on any atom is 0.315 e. The van der Waals surface area contributed by atoms with Gasteiger partial charge in [0.1, 0.15) is 6.04 Å². The van der Waals surface area contributed by atoms with Gasteiger partial charge in [0, 0.05) is 6.42 Å². The van der Waals surface area contributed by atoms with Crippen LogP contribution in [0.4, 0.5) is 0 Å². The van der Waals surface area contributed by atoms with Gasteiger partial charge < -0.3 is 15.5 Å². The molecule has 1 saturated heterocycles. The highest BCUT2D eigenvalue weighted by Crippen LogP contribution is 2.48. The SMILES string of the molecule is CC(C)(C)[Si]1(OC(=O)[C@H](Cc2ccccc2)NC(=O)[C@@H](N)Cc2ccccc2)CCCC1. The van der Waals surface area contributed by atoms with Crippen LogP contribution in [0.3, 0.4) is 0 Å². The van der Waals surface area contributed by atoms with E-state index in [1.165, 1.54) is 0 Å². The third-order valence-electron chi connectivity index (χ3n) is 6.59. The molecule has 2 atom stereocenters. The van der Waals surface area contributed by atoms with Gasteiger partial charge in [-0.1, -0.05) is 94.3 Å². The topological polar surface area (TPSA) is 81.4 Å². The van der Waals surface area contributed by atoms with Crippen molar-refractivity contribution in [2.24, 2.45) is 5.73 Å². The van der Waals surface area contributed by atoms with Gasteiger partial charge in [-0.25, -0.2) is 0 Å². The van der Waals surface area contributed by atoms with E-state index in [4.69, 9.17) is 10.2 Å².